The van der Waals surface area contributed by atoms with E-state index in [4.69, 9.17) is 4.74 Å². The number of nitrogens with zero attached hydrogens (tertiary/aromatic N) is 1. The van der Waals surface area contributed by atoms with E-state index in [1.165, 1.54) is 0 Å². The van der Waals surface area contributed by atoms with Gasteiger partial charge in [0.2, 0.25) is 0 Å². The largest absolute Gasteiger partial charge is 0.479 e. The van der Waals surface area contributed by atoms with Gasteiger partial charge in [0.1, 0.15) is 6.61 Å². The molecule has 2 heteroatoms. The fourth-order valence-electron chi connectivity index (χ4n) is 0.856. The van der Waals surface area contributed by atoms with Crippen LogP contribution in [0.25, 0.3) is 0 Å². The summed E-state index contributed by atoms with van der Waals surface area (Å²) in [5.74, 6) is 1.45. The van der Waals surface area contributed by atoms with E-state index in [0.29, 0.717) is 12.0 Å². The monoisotopic (exact) mass is 127 g/mol. The zero-order valence-electron chi connectivity index (χ0n) is 6.22. The second-order valence-electron chi connectivity index (χ2n) is 2.77. The minimum atomic E-state index is 0.407. The minimum absolute atomic E-state index is 0.407. The van der Waals surface area contributed by atoms with Gasteiger partial charge < -0.3 is 4.74 Å². The molecule has 0 aromatic carbocycles. The Bertz CT molecular complexity index is 129. The van der Waals surface area contributed by atoms with Gasteiger partial charge in [-0.3, -0.25) is 0 Å². The maximum Gasteiger partial charge on any atom is 0.180 e. The van der Waals surface area contributed by atoms with Gasteiger partial charge in [-0.05, 0) is 5.92 Å². The van der Waals surface area contributed by atoms with Crippen molar-refractivity contribution < 1.29 is 4.74 Å². The first-order valence-electron chi connectivity index (χ1n) is 3.37. The summed E-state index contributed by atoms with van der Waals surface area (Å²) in [5.41, 5.74) is 0. The fourth-order valence-corrected chi connectivity index (χ4v) is 0.856. The summed E-state index contributed by atoms with van der Waals surface area (Å²) in [6.07, 6.45) is 0. The van der Waals surface area contributed by atoms with Gasteiger partial charge in [0.15, 0.2) is 5.90 Å². The van der Waals surface area contributed by atoms with Gasteiger partial charge in [0, 0.05) is 6.92 Å². The standard InChI is InChI=1S/C7H13NO/c1-5(2)7-4-9-6(3)8-7/h5,7H,4H2,1-3H3. The van der Waals surface area contributed by atoms with Crippen molar-refractivity contribution in [3.05, 3.63) is 0 Å². The minimum Gasteiger partial charge on any atom is -0.479 e. The Balaban J connectivity index is 2.47. The Morgan fingerprint density at radius 2 is 2.33 bits per heavy atom. The average molecular weight is 127 g/mol. The molecule has 0 aromatic rings. The van der Waals surface area contributed by atoms with E-state index in [-0.39, 0.29) is 0 Å². The Morgan fingerprint density at radius 3 is 2.56 bits per heavy atom. The molecule has 0 aromatic heterocycles. The van der Waals surface area contributed by atoms with Gasteiger partial charge >= 0.3 is 0 Å². The third-order valence-electron chi connectivity index (χ3n) is 1.58. The molecule has 0 aliphatic carbocycles. The second kappa shape index (κ2) is 2.38. The smallest absolute Gasteiger partial charge is 0.180 e. The lowest BCUT2D eigenvalue weighted by atomic mass is 10.1. The van der Waals surface area contributed by atoms with Crippen LogP contribution in [0.2, 0.25) is 0 Å². The van der Waals surface area contributed by atoms with E-state index in [0.717, 1.165) is 12.5 Å². The van der Waals surface area contributed by atoms with E-state index in [2.05, 4.69) is 18.8 Å². The molecular formula is C7H13NO. The van der Waals surface area contributed by atoms with Crippen molar-refractivity contribution in [2.75, 3.05) is 6.61 Å². The van der Waals surface area contributed by atoms with Crippen LogP contribution in [-0.2, 0) is 4.74 Å². The molecule has 0 saturated heterocycles. The molecule has 0 amide bonds. The van der Waals surface area contributed by atoms with E-state index in [1.807, 2.05) is 6.92 Å². The first-order valence-corrected chi connectivity index (χ1v) is 3.37. The zero-order valence-corrected chi connectivity index (χ0v) is 6.22. The van der Waals surface area contributed by atoms with E-state index in [9.17, 15) is 0 Å². The van der Waals surface area contributed by atoms with Crippen LogP contribution in [0, 0.1) is 5.92 Å². The molecular weight excluding hydrogens is 114 g/mol. The Morgan fingerprint density at radius 1 is 1.67 bits per heavy atom. The summed E-state index contributed by atoms with van der Waals surface area (Å²) in [6, 6.07) is 0.407. The summed E-state index contributed by atoms with van der Waals surface area (Å²) in [4.78, 5) is 4.28. The molecule has 0 fully saturated rings. The molecule has 0 spiro atoms. The lowest BCUT2D eigenvalue weighted by molar-refractivity contribution is 0.289. The number of rotatable bonds is 1. The fraction of sp³-hybridized carbons (Fsp3) is 0.857. The summed E-state index contributed by atoms with van der Waals surface area (Å²) in [7, 11) is 0. The molecule has 0 saturated carbocycles. The normalized spacial score (nSPS) is 26.2. The van der Waals surface area contributed by atoms with Gasteiger partial charge in [-0.15, -0.1) is 0 Å². The molecule has 1 aliphatic rings. The predicted octanol–water partition coefficient (Wildman–Crippen LogP) is 1.46. The SMILES string of the molecule is CC1=NC(C(C)C)CO1. The number of aliphatic imine (C=N–C) groups is 1. The van der Waals surface area contributed by atoms with Crippen molar-refractivity contribution in [2.24, 2.45) is 10.9 Å². The van der Waals surface area contributed by atoms with Gasteiger partial charge in [-0.2, -0.15) is 0 Å². The van der Waals surface area contributed by atoms with Gasteiger partial charge in [-0.25, -0.2) is 4.99 Å². The van der Waals surface area contributed by atoms with Crippen LogP contribution in [0.4, 0.5) is 0 Å². The molecule has 1 atom stereocenters. The highest BCUT2D eigenvalue weighted by molar-refractivity contribution is 5.74. The van der Waals surface area contributed by atoms with Gasteiger partial charge in [-0.1, -0.05) is 13.8 Å². The van der Waals surface area contributed by atoms with Crippen LogP contribution in [0.5, 0.6) is 0 Å². The molecule has 0 N–H and O–H groups in total. The third kappa shape index (κ3) is 1.44. The van der Waals surface area contributed by atoms with Crippen LogP contribution in [0.3, 0.4) is 0 Å². The average Bonchev–Trinajstić information content (AvgIpc) is 2.14. The topological polar surface area (TPSA) is 21.6 Å². The molecule has 0 radical (unpaired) electrons. The predicted molar refractivity (Wildman–Crippen MR) is 37.7 cm³/mol. The first-order chi connectivity index (χ1) is 4.20. The van der Waals surface area contributed by atoms with Crippen LogP contribution < -0.4 is 0 Å². The summed E-state index contributed by atoms with van der Waals surface area (Å²) >= 11 is 0. The van der Waals surface area contributed by atoms with Crippen molar-refractivity contribution >= 4 is 5.90 Å². The van der Waals surface area contributed by atoms with E-state index >= 15 is 0 Å². The summed E-state index contributed by atoms with van der Waals surface area (Å²) < 4.78 is 5.18. The third-order valence-corrected chi connectivity index (χ3v) is 1.58. The zero-order chi connectivity index (χ0) is 6.85. The highest BCUT2D eigenvalue weighted by Gasteiger charge is 2.18. The van der Waals surface area contributed by atoms with Crippen LogP contribution in [0.15, 0.2) is 4.99 Å². The van der Waals surface area contributed by atoms with Crippen molar-refractivity contribution in [1.82, 2.24) is 0 Å². The Hall–Kier alpha value is -0.530. The van der Waals surface area contributed by atoms with Crippen LogP contribution in [0.1, 0.15) is 20.8 Å². The lowest BCUT2D eigenvalue weighted by Gasteiger charge is -2.06. The quantitative estimate of drug-likeness (QED) is 0.522. The maximum atomic E-state index is 5.18. The summed E-state index contributed by atoms with van der Waals surface area (Å²) in [6.45, 7) is 7.01. The van der Waals surface area contributed by atoms with Gasteiger partial charge in [0.05, 0.1) is 6.04 Å². The molecule has 1 aliphatic heterocycles. The molecule has 0 bridgehead atoms. The summed E-state index contributed by atoms with van der Waals surface area (Å²) in [5, 5.41) is 0. The van der Waals surface area contributed by atoms with Crippen molar-refractivity contribution in [1.29, 1.82) is 0 Å². The Labute approximate surface area is 55.9 Å². The molecule has 9 heavy (non-hydrogen) atoms. The molecule has 1 rings (SSSR count). The molecule has 2 nitrogen and oxygen atoms in total. The van der Waals surface area contributed by atoms with Crippen molar-refractivity contribution in [3.8, 4) is 0 Å². The van der Waals surface area contributed by atoms with Crippen molar-refractivity contribution in [2.45, 2.75) is 26.8 Å². The highest BCUT2D eigenvalue weighted by Crippen LogP contribution is 2.12. The highest BCUT2D eigenvalue weighted by atomic mass is 16.5. The molecule has 1 unspecified atom stereocenters. The number of ether oxygens (including phenoxy) is 1. The number of hydrogen-bond acceptors (Lipinski definition) is 2. The van der Waals surface area contributed by atoms with Crippen LogP contribution >= 0.6 is 0 Å². The molecule has 1 heterocycles. The lowest BCUT2D eigenvalue weighted by Crippen LogP contribution is -2.13. The van der Waals surface area contributed by atoms with E-state index in [1.54, 1.807) is 0 Å². The van der Waals surface area contributed by atoms with Crippen molar-refractivity contribution in [3.63, 3.8) is 0 Å². The van der Waals surface area contributed by atoms with Gasteiger partial charge in [0.25, 0.3) is 0 Å². The first kappa shape index (κ1) is 6.59. The van der Waals surface area contributed by atoms with Crippen LogP contribution in [-0.4, -0.2) is 18.5 Å². The maximum absolute atomic E-state index is 5.18. The van der Waals surface area contributed by atoms with E-state index < -0.39 is 0 Å². The number of hydrogen-bond donors (Lipinski definition) is 0. The molecule has 52 valence electrons. The second-order valence-corrected chi connectivity index (χ2v) is 2.77. The Kier molecular flexibility index (Phi) is 1.74.